The molecule has 0 aliphatic carbocycles. The third-order valence-corrected chi connectivity index (χ3v) is 4.59. The molecule has 3 aromatic heterocycles. The van der Waals surface area contributed by atoms with Crippen LogP contribution in [0.4, 0.5) is 5.69 Å². The van der Waals surface area contributed by atoms with Crippen molar-refractivity contribution in [2.45, 2.75) is 6.92 Å². The minimum atomic E-state index is -0.602. The number of nitrogens with one attached hydrogen (secondary N) is 1. The molecule has 0 atom stereocenters. The minimum Gasteiger partial charge on any atom is -0.496 e. The number of aryl methyl sites for hydroxylation is 1. The van der Waals surface area contributed by atoms with E-state index in [1.807, 2.05) is 24.3 Å². The zero-order valence-electron chi connectivity index (χ0n) is 17.2. The number of benzene rings is 1. The lowest BCUT2D eigenvalue weighted by Crippen LogP contribution is -2.20. The van der Waals surface area contributed by atoms with Crippen LogP contribution in [-0.2, 0) is 11.8 Å². The molecule has 0 unspecified atom stereocenters. The second kappa shape index (κ2) is 8.27. The normalized spacial score (nSPS) is 10.8. The van der Waals surface area contributed by atoms with Crippen molar-refractivity contribution in [1.29, 1.82) is 0 Å². The summed E-state index contributed by atoms with van der Waals surface area (Å²) in [5.74, 6) is 0.0683. The highest BCUT2D eigenvalue weighted by Gasteiger charge is 2.23. The number of aromatic nitrogens is 5. The van der Waals surface area contributed by atoms with Gasteiger partial charge < -0.3 is 14.8 Å². The smallest absolute Gasteiger partial charge is 0.342 e. The third kappa shape index (κ3) is 3.82. The van der Waals surface area contributed by atoms with Gasteiger partial charge in [0.05, 0.1) is 25.5 Å². The number of nitrogens with zero attached hydrogens (tertiary/aromatic N) is 5. The Bertz CT molecular complexity index is 1280. The van der Waals surface area contributed by atoms with E-state index in [0.29, 0.717) is 22.9 Å². The highest BCUT2D eigenvalue weighted by Crippen LogP contribution is 2.27. The van der Waals surface area contributed by atoms with Crippen LogP contribution in [0.15, 0.2) is 48.8 Å². The van der Waals surface area contributed by atoms with Crippen LogP contribution in [0.2, 0.25) is 0 Å². The lowest BCUT2D eigenvalue weighted by atomic mass is 10.2. The number of methoxy groups -OCH3 is 1. The number of hydrogen-bond acceptors (Lipinski definition) is 7. The number of fused-ring (bicyclic) bond motifs is 1. The van der Waals surface area contributed by atoms with E-state index in [0.717, 1.165) is 5.56 Å². The average molecular weight is 420 g/mol. The van der Waals surface area contributed by atoms with Gasteiger partial charge in [-0.3, -0.25) is 9.48 Å². The van der Waals surface area contributed by atoms with Gasteiger partial charge in [-0.15, -0.1) is 5.10 Å². The highest BCUT2D eigenvalue weighted by atomic mass is 16.5. The molecule has 0 aliphatic rings. The Balaban J connectivity index is 1.62. The molecule has 0 saturated heterocycles. The molecule has 1 aromatic carbocycles. The van der Waals surface area contributed by atoms with Crippen LogP contribution in [0, 0.1) is 0 Å². The van der Waals surface area contributed by atoms with E-state index in [-0.39, 0.29) is 17.9 Å². The number of anilines is 1. The van der Waals surface area contributed by atoms with Crippen molar-refractivity contribution in [2.75, 3.05) is 19.0 Å². The molecule has 0 spiro atoms. The molecule has 3 heterocycles. The minimum absolute atomic E-state index is 0.101. The third-order valence-electron chi connectivity index (χ3n) is 4.59. The monoisotopic (exact) mass is 420 g/mol. The fraction of sp³-hybridized carbons (Fsp3) is 0.190. The summed E-state index contributed by atoms with van der Waals surface area (Å²) in [6.45, 7) is 1.90. The molecule has 158 valence electrons. The van der Waals surface area contributed by atoms with Gasteiger partial charge in [0.2, 0.25) is 0 Å². The number of hydrogen-bond donors (Lipinski definition) is 1. The first-order valence-corrected chi connectivity index (χ1v) is 9.52. The molecular weight excluding hydrogens is 400 g/mol. The Morgan fingerprint density at radius 1 is 1.19 bits per heavy atom. The molecule has 0 fully saturated rings. The Hall–Kier alpha value is -4.21. The largest absolute Gasteiger partial charge is 0.496 e. The van der Waals surface area contributed by atoms with Gasteiger partial charge in [0, 0.05) is 25.0 Å². The number of esters is 1. The summed E-state index contributed by atoms with van der Waals surface area (Å²) in [5, 5.41) is 11.2. The van der Waals surface area contributed by atoms with Gasteiger partial charge in [0.1, 0.15) is 17.0 Å². The Morgan fingerprint density at radius 3 is 2.77 bits per heavy atom. The van der Waals surface area contributed by atoms with E-state index in [1.54, 1.807) is 43.9 Å². The van der Waals surface area contributed by atoms with E-state index < -0.39 is 11.9 Å². The fourth-order valence-electron chi connectivity index (χ4n) is 3.16. The van der Waals surface area contributed by atoms with E-state index in [9.17, 15) is 9.59 Å². The number of pyridine rings is 1. The molecule has 1 N–H and O–H groups in total. The van der Waals surface area contributed by atoms with E-state index in [1.165, 1.54) is 10.9 Å². The van der Waals surface area contributed by atoms with E-state index in [2.05, 4.69) is 20.5 Å². The number of carbonyl (C=O) groups excluding carboxylic acids is 2. The SMILES string of the molecule is CCOC(=O)c1cnn(C)c1C(=O)Nc1ccn2nc(-c3ccccc3OC)nc2c1. The van der Waals surface area contributed by atoms with Gasteiger partial charge in [-0.2, -0.15) is 5.10 Å². The zero-order valence-corrected chi connectivity index (χ0v) is 17.2. The standard InChI is InChI=1S/C21H20N6O4/c1-4-31-21(29)15-12-22-26(2)18(15)20(28)23-13-9-10-27-17(11-13)24-19(25-27)14-7-5-6-8-16(14)30-3/h5-12H,4H2,1-3H3,(H,23,28). The van der Waals surface area contributed by atoms with Crippen LogP contribution >= 0.6 is 0 Å². The first-order valence-electron chi connectivity index (χ1n) is 9.52. The average Bonchev–Trinajstić information content (AvgIpc) is 3.37. The van der Waals surface area contributed by atoms with Crippen molar-refractivity contribution in [3.05, 3.63) is 60.0 Å². The number of carbonyl (C=O) groups is 2. The molecule has 0 aliphatic heterocycles. The van der Waals surface area contributed by atoms with Crippen molar-refractivity contribution in [3.8, 4) is 17.1 Å². The highest BCUT2D eigenvalue weighted by molar-refractivity contribution is 6.10. The van der Waals surface area contributed by atoms with Crippen molar-refractivity contribution < 1.29 is 19.1 Å². The number of ether oxygens (including phenoxy) is 2. The van der Waals surface area contributed by atoms with Crippen LogP contribution in [0.3, 0.4) is 0 Å². The number of amides is 1. The van der Waals surface area contributed by atoms with Crippen LogP contribution in [0.1, 0.15) is 27.8 Å². The van der Waals surface area contributed by atoms with Gasteiger partial charge in [-0.25, -0.2) is 14.3 Å². The van der Waals surface area contributed by atoms with Crippen LogP contribution < -0.4 is 10.1 Å². The molecule has 1 amide bonds. The summed E-state index contributed by atoms with van der Waals surface area (Å²) in [6.07, 6.45) is 3.00. The maximum atomic E-state index is 12.8. The van der Waals surface area contributed by atoms with Crippen LogP contribution in [0.5, 0.6) is 5.75 Å². The molecule has 10 heteroatoms. The van der Waals surface area contributed by atoms with E-state index in [4.69, 9.17) is 9.47 Å². The fourth-order valence-corrected chi connectivity index (χ4v) is 3.16. The maximum absolute atomic E-state index is 12.8. The first-order chi connectivity index (χ1) is 15.0. The second-order valence-corrected chi connectivity index (χ2v) is 6.56. The molecule has 4 aromatic rings. The molecule has 0 bridgehead atoms. The van der Waals surface area contributed by atoms with Gasteiger partial charge in [-0.05, 0) is 25.1 Å². The summed E-state index contributed by atoms with van der Waals surface area (Å²) in [7, 11) is 3.17. The molecule has 4 rings (SSSR count). The summed E-state index contributed by atoms with van der Waals surface area (Å²) in [5.41, 5.74) is 1.99. The predicted octanol–water partition coefficient (Wildman–Crippen LogP) is 2.57. The van der Waals surface area contributed by atoms with Gasteiger partial charge in [0.25, 0.3) is 5.91 Å². The molecule has 31 heavy (non-hydrogen) atoms. The van der Waals surface area contributed by atoms with Gasteiger partial charge in [-0.1, -0.05) is 12.1 Å². The van der Waals surface area contributed by atoms with Crippen LogP contribution in [-0.4, -0.2) is 50.0 Å². The summed E-state index contributed by atoms with van der Waals surface area (Å²) < 4.78 is 13.3. The van der Waals surface area contributed by atoms with E-state index >= 15 is 0 Å². The van der Waals surface area contributed by atoms with Crippen LogP contribution in [0.25, 0.3) is 17.0 Å². The summed E-state index contributed by atoms with van der Waals surface area (Å²) in [6, 6.07) is 10.8. The summed E-state index contributed by atoms with van der Waals surface area (Å²) in [4.78, 5) is 29.5. The zero-order chi connectivity index (χ0) is 22.0. The Labute approximate surface area is 177 Å². The summed E-state index contributed by atoms with van der Waals surface area (Å²) >= 11 is 0. The number of rotatable bonds is 6. The second-order valence-electron chi connectivity index (χ2n) is 6.56. The van der Waals surface area contributed by atoms with Gasteiger partial charge >= 0.3 is 5.97 Å². The Kier molecular flexibility index (Phi) is 5.35. The molecule has 0 saturated carbocycles. The molecular formula is C21H20N6O4. The van der Waals surface area contributed by atoms with Crippen molar-refractivity contribution in [3.63, 3.8) is 0 Å². The quantitative estimate of drug-likeness (QED) is 0.477. The van der Waals surface area contributed by atoms with Crippen molar-refractivity contribution in [1.82, 2.24) is 24.4 Å². The molecule has 0 radical (unpaired) electrons. The lowest BCUT2D eigenvalue weighted by Gasteiger charge is -2.07. The Morgan fingerprint density at radius 2 is 2.00 bits per heavy atom. The molecule has 10 nitrogen and oxygen atoms in total. The van der Waals surface area contributed by atoms with Crippen molar-refractivity contribution >= 4 is 23.2 Å². The maximum Gasteiger partial charge on any atom is 0.342 e. The lowest BCUT2D eigenvalue weighted by molar-refractivity contribution is 0.0523. The topological polar surface area (TPSA) is 113 Å². The first kappa shape index (κ1) is 20.1. The van der Waals surface area contributed by atoms with Crippen molar-refractivity contribution in [2.24, 2.45) is 7.05 Å². The number of para-hydroxylation sites is 1. The van der Waals surface area contributed by atoms with Gasteiger partial charge in [0.15, 0.2) is 11.5 Å². The predicted molar refractivity (Wildman–Crippen MR) is 112 cm³/mol.